The summed E-state index contributed by atoms with van der Waals surface area (Å²) < 4.78 is 33.9. The van der Waals surface area contributed by atoms with E-state index >= 15 is 0 Å². The van der Waals surface area contributed by atoms with Gasteiger partial charge in [-0.3, -0.25) is 4.72 Å². The molecule has 0 atom stereocenters. The van der Waals surface area contributed by atoms with Crippen LogP contribution in [0.1, 0.15) is 56.9 Å². The Hall–Kier alpha value is -3.32. The molecule has 0 spiro atoms. The van der Waals surface area contributed by atoms with Crippen molar-refractivity contribution < 1.29 is 17.9 Å². The van der Waals surface area contributed by atoms with Crippen LogP contribution in [0.3, 0.4) is 0 Å². The smallest absolute Gasteiger partial charge is 0.340 e. The van der Waals surface area contributed by atoms with Gasteiger partial charge in [0.1, 0.15) is 0 Å². The minimum absolute atomic E-state index is 0.191. The number of sulfonamides is 1. The van der Waals surface area contributed by atoms with E-state index in [4.69, 9.17) is 4.74 Å². The summed E-state index contributed by atoms with van der Waals surface area (Å²) in [6.45, 7) is 9.64. The highest BCUT2D eigenvalue weighted by molar-refractivity contribution is 7.92. The van der Waals surface area contributed by atoms with Crippen LogP contribution in [0.25, 0.3) is 0 Å². The molecular formula is C29H34N2O4S. The van der Waals surface area contributed by atoms with Gasteiger partial charge in [0, 0.05) is 18.8 Å². The summed E-state index contributed by atoms with van der Waals surface area (Å²) in [6, 6.07) is 17.0. The van der Waals surface area contributed by atoms with Gasteiger partial charge in [0.05, 0.1) is 23.3 Å². The molecule has 6 nitrogen and oxygen atoms in total. The first-order chi connectivity index (χ1) is 17.1. The van der Waals surface area contributed by atoms with Crippen molar-refractivity contribution in [1.29, 1.82) is 0 Å². The van der Waals surface area contributed by atoms with Crippen LogP contribution in [0.2, 0.25) is 0 Å². The third-order valence-electron chi connectivity index (χ3n) is 7.23. The molecule has 0 radical (unpaired) electrons. The molecule has 0 unspecified atom stereocenters. The summed E-state index contributed by atoms with van der Waals surface area (Å²) >= 11 is 0. The Morgan fingerprint density at radius 3 is 2.36 bits per heavy atom. The number of aryl methyl sites for hydroxylation is 3. The van der Waals surface area contributed by atoms with Crippen LogP contribution < -0.4 is 9.62 Å². The zero-order valence-electron chi connectivity index (χ0n) is 21.6. The number of nitrogens with zero attached hydrogens (tertiary/aromatic N) is 1. The number of piperidine rings is 1. The van der Waals surface area contributed by atoms with Crippen LogP contribution in [-0.4, -0.2) is 34.6 Å². The molecule has 0 saturated carbocycles. The number of nitrogens with one attached hydrogen (secondary N) is 1. The van der Waals surface area contributed by atoms with Crippen LogP contribution in [0.15, 0.2) is 59.5 Å². The summed E-state index contributed by atoms with van der Waals surface area (Å²) in [5, 5.41) is 0. The maximum absolute atomic E-state index is 13.2. The number of carbonyl (C=O) groups is 1. The molecule has 1 saturated heterocycles. The number of hydrogen-bond donors (Lipinski definition) is 1. The lowest BCUT2D eigenvalue weighted by atomic mass is 9.85. The van der Waals surface area contributed by atoms with Gasteiger partial charge in [-0.1, -0.05) is 30.3 Å². The summed E-state index contributed by atoms with van der Waals surface area (Å²) in [4.78, 5) is 15.1. The third kappa shape index (κ3) is 5.26. The molecule has 0 aliphatic carbocycles. The molecule has 0 aromatic heterocycles. The van der Waals surface area contributed by atoms with Gasteiger partial charge in [0.2, 0.25) is 0 Å². The van der Waals surface area contributed by atoms with E-state index in [0.29, 0.717) is 11.5 Å². The van der Waals surface area contributed by atoms with Crippen molar-refractivity contribution >= 4 is 27.4 Å². The minimum Gasteiger partial charge on any atom is -0.465 e. The zero-order chi connectivity index (χ0) is 26.0. The number of benzene rings is 3. The van der Waals surface area contributed by atoms with Crippen LogP contribution in [0.5, 0.6) is 0 Å². The van der Waals surface area contributed by atoms with Crippen LogP contribution in [0, 0.1) is 27.7 Å². The molecule has 3 aromatic carbocycles. The minimum atomic E-state index is -3.89. The van der Waals surface area contributed by atoms with E-state index in [9.17, 15) is 13.2 Å². The van der Waals surface area contributed by atoms with Gasteiger partial charge in [-0.2, -0.15) is 0 Å². The maximum Gasteiger partial charge on any atom is 0.340 e. The standard InChI is InChI=1S/C29H34N2O4S/c1-19-9-10-21(3)28(17-19)36(33,34)30-27-12-11-24(18-26(27)29(32)35-5)31-15-13-23(14-16-31)25-8-6-7-20(2)22(25)4/h6-12,17-18,23,30H,13-16H2,1-5H3. The number of carbonyl (C=O) groups excluding carboxylic acids is 1. The predicted molar refractivity (Wildman–Crippen MR) is 145 cm³/mol. The maximum atomic E-state index is 13.2. The van der Waals surface area contributed by atoms with Gasteiger partial charge in [-0.05, 0) is 98.5 Å². The van der Waals surface area contributed by atoms with Crippen LogP contribution in [0.4, 0.5) is 11.4 Å². The molecule has 3 aromatic rings. The third-order valence-corrected chi connectivity index (χ3v) is 8.74. The van der Waals surface area contributed by atoms with Crippen molar-refractivity contribution in [1.82, 2.24) is 0 Å². The highest BCUT2D eigenvalue weighted by atomic mass is 32.2. The van der Waals surface area contributed by atoms with Crippen molar-refractivity contribution in [2.75, 3.05) is 29.8 Å². The van der Waals surface area contributed by atoms with E-state index in [1.807, 2.05) is 19.1 Å². The molecule has 1 aliphatic heterocycles. The quantitative estimate of drug-likeness (QED) is 0.422. The monoisotopic (exact) mass is 506 g/mol. The van der Waals surface area contributed by atoms with Gasteiger partial charge in [-0.15, -0.1) is 0 Å². The molecule has 1 N–H and O–H groups in total. The van der Waals surface area contributed by atoms with E-state index in [1.54, 1.807) is 31.2 Å². The molecule has 1 heterocycles. The van der Waals surface area contributed by atoms with E-state index in [1.165, 1.54) is 23.8 Å². The first-order valence-corrected chi connectivity index (χ1v) is 13.7. The van der Waals surface area contributed by atoms with Gasteiger partial charge >= 0.3 is 5.97 Å². The van der Waals surface area contributed by atoms with Crippen LogP contribution >= 0.6 is 0 Å². The van der Waals surface area contributed by atoms with Gasteiger partial charge in [0.15, 0.2) is 0 Å². The van der Waals surface area contributed by atoms with Crippen molar-refractivity contribution in [3.63, 3.8) is 0 Å². The molecule has 0 bridgehead atoms. The Morgan fingerprint density at radius 2 is 1.67 bits per heavy atom. The number of ether oxygens (including phenoxy) is 1. The van der Waals surface area contributed by atoms with Crippen molar-refractivity contribution in [3.05, 3.63) is 88.0 Å². The van der Waals surface area contributed by atoms with E-state index in [0.717, 1.165) is 37.2 Å². The fourth-order valence-corrected chi connectivity index (χ4v) is 6.37. The number of hydrogen-bond acceptors (Lipinski definition) is 5. The molecule has 190 valence electrons. The fourth-order valence-electron chi connectivity index (χ4n) is 4.96. The molecule has 1 fully saturated rings. The number of rotatable bonds is 6. The number of anilines is 2. The van der Waals surface area contributed by atoms with Gasteiger partial charge in [0.25, 0.3) is 10.0 Å². The second-order valence-electron chi connectivity index (χ2n) is 9.65. The second-order valence-corrected chi connectivity index (χ2v) is 11.3. The summed E-state index contributed by atoms with van der Waals surface area (Å²) in [6.07, 6.45) is 2.03. The highest BCUT2D eigenvalue weighted by Crippen LogP contribution is 2.34. The zero-order valence-corrected chi connectivity index (χ0v) is 22.4. The lowest BCUT2D eigenvalue weighted by molar-refractivity contribution is 0.0602. The molecule has 1 aliphatic rings. The van der Waals surface area contributed by atoms with Crippen LogP contribution in [-0.2, 0) is 14.8 Å². The first-order valence-electron chi connectivity index (χ1n) is 12.2. The Labute approximate surface area is 214 Å². The largest absolute Gasteiger partial charge is 0.465 e. The molecule has 7 heteroatoms. The summed E-state index contributed by atoms with van der Waals surface area (Å²) in [5.41, 5.74) is 6.86. The summed E-state index contributed by atoms with van der Waals surface area (Å²) in [5.74, 6) is -0.0781. The van der Waals surface area contributed by atoms with E-state index in [2.05, 4.69) is 41.7 Å². The Kier molecular flexibility index (Phi) is 7.41. The van der Waals surface area contributed by atoms with Crippen molar-refractivity contribution in [2.24, 2.45) is 0 Å². The van der Waals surface area contributed by atoms with Gasteiger partial charge < -0.3 is 9.64 Å². The fraction of sp³-hybridized carbons (Fsp3) is 0.345. The van der Waals surface area contributed by atoms with Gasteiger partial charge in [-0.25, -0.2) is 13.2 Å². The topological polar surface area (TPSA) is 75.7 Å². The van der Waals surface area contributed by atoms with E-state index < -0.39 is 16.0 Å². The SMILES string of the molecule is COC(=O)c1cc(N2CCC(c3cccc(C)c3C)CC2)ccc1NS(=O)(=O)c1cc(C)ccc1C. The normalized spacial score (nSPS) is 14.5. The Morgan fingerprint density at radius 1 is 0.944 bits per heavy atom. The molecule has 0 amide bonds. The van der Waals surface area contributed by atoms with E-state index in [-0.39, 0.29) is 16.1 Å². The lowest BCUT2D eigenvalue weighted by Crippen LogP contribution is -2.33. The summed E-state index contributed by atoms with van der Waals surface area (Å²) in [7, 11) is -2.59. The highest BCUT2D eigenvalue weighted by Gasteiger charge is 2.25. The molecule has 36 heavy (non-hydrogen) atoms. The second kappa shape index (κ2) is 10.3. The molecule has 4 rings (SSSR count). The van der Waals surface area contributed by atoms with Crippen molar-refractivity contribution in [3.8, 4) is 0 Å². The van der Waals surface area contributed by atoms with Crippen molar-refractivity contribution in [2.45, 2.75) is 51.3 Å². The number of esters is 1. The average molecular weight is 507 g/mol. The molecular weight excluding hydrogens is 472 g/mol. The predicted octanol–water partition coefficient (Wildman–Crippen LogP) is 5.89. The average Bonchev–Trinajstić information content (AvgIpc) is 2.87. The lowest BCUT2D eigenvalue weighted by Gasteiger charge is -2.35. The Balaban J connectivity index is 1.57. The Bertz CT molecular complexity index is 1390. The first kappa shape index (κ1) is 25.8. The number of methoxy groups -OCH3 is 1.